The Morgan fingerprint density at radius 3 is 2.51 bits per heavy atom. The Balaban J connectivity index is 1.22. The Bertz CT molecular complexity index is 1580. The van der Waals surface area contributed by atoms with E-state index in [1.54, 1.807) is 0 Å². The number of aromatic nitrogens is 2. The van der Waals surface area contributed by atoms with Gasteiger partial charge in [-0.1, -0.05) is 36.4 Å². The summed E-state index contributed by atoms with van der Waals surface area (Å²) in [5.41, 5.74) is 5.16. The van der Waals surface area contributed by atoms with E-state index in [0.717, 1.165) is 57.6 Å². The van der Waals surface area contributed by atoms with Crippen LogP contribution in [0.25, 0.3) is 11.1 Å². The smallest absolute Gasteiger partial charge is 0.440 e. The number of H-pyrrole nitrogens is 1. The van der Waals surface area contributed by atoms with E-state index >= 15 is 0 Å². The molecule has 9 nitrogen and oxygen atoms in total. The number of likely N-dealkylation sites (tertiary alicyclic amines) is 1. The summed E-state index contributed by atoms with van der Waals surface area (Å²) in [7, 11) is 4.12. The van der Waals surface area contributed by atoms with Gasteiger partial charge in [-0.25, -0.2) is 14.6 Å². The van der Waals surface area contributed by atoms with Crippen molar-refractivity contribution in [3.63, 3.8) is 0 Å². The SMILES string of the molecule is Cc1cc(C(=O)N2CC[C@@H](N(C)C)C2)ccc1-c1cccc(COc2ccc(Cn3oc(=O)[nH]c3=O)cc2)c1. The first-order chi connectivity index (χ1) is 18.8. The molecule has 1 N–H and O–H groups in total. The van der Waals surface area contributed by atoms with E-state index in [4.69, 9.17) is 9.26 Å². The molecule has 3 aromatic carbocycles. The molecule has 0 saturated carbocycles. The third-order valence-corrected chi connectivity index (χ3v) is 7.18. The van der Waals surface area contributed by atoms with E-state index in [0.29, 0.717) is 18.4 Å². The molecule has 1 amide bonds. The number of benzene rings is 3. The van der Waals surface area contributed by atoms with Crippen LogP contribution in [-0.4, -0.2) is 58.7 Å². The fourth-order valence-electron chi connectivity index (χ4n) is 4.92. The summed E-state index contributed by atoms with van der Waals surface area (Å²) in [6.07, 6.45) is 1.00. The second-order valence-corrected chi connectivity index (χ2v) is 10.2. The van der Waals surface area contributed by atoms with Crippen LogP contribution in [0.15, 0.2) is 80.8 Å². The van der Waals surface area contributed by atoms with Crippen LogP contribution < -0.4 is 16.2 Å². The van der Waals surface area contributed by atoms with Crippen molar-refractivity contribution in [1.82, 2.24) is 19.5 Å². The molecule has 1 aliphatic heterocycles. The predicted octanol–water partition coefficient (Wildman–Crippen LogP) is 3.51. The lowest BCUT2D eigenvalue weighted by Crippen LogP contribution is -2.34. The van der Waals surface area contributed by atoms with Gasteiger partial charge in [0.1, 0.15) is 12.4 Å². The second kappa shape index (κ2) is 11.2. The van der Waals surface area contributed by atoms with Crippen LogP contribution in [-0.2, 0) is 13.2 Å². The number of hydrogen-bond donors (Lipinski definition) is 1. The Morgan fingerprint density at radius 1 is 1.05 bits per heavy atom. The highest BCUT2D eigenvalue weighted by molar-refractivity contribution is 5.95. The van der Waals surface area contributed by atoms with Crippen LogP contribution in [0.5, 0.6) is 5.75 Å². The van der Waals surface area contributed by atoms with Crippen molar-refractivity contribution in [3.05, 3.63) is 110 Å². The Morgan fingerprint density at radius 2 is 1.85 bits per heavy atom. The predicted molar refractivity (Wildman–Crippen MR) is 148 cm³/mol. The molecule has 0 spiro atoms. The summed E-state index contributed by atoms with van der Waals surface area (Å²) in [5, 5.41) is 0. The van der Waals surface area contributed by atoms with Crippen LogP contribution >= 0.6 is 0 Å². The number of hydrogen-bond acceptors (Lipinski definition) is 6. The molecule has 0 aliphatic carbocycles. The first-order valence-electron chi connectivity index (χ1n) is 12.9. The van der Waals surface area contributed by atoms with E-state index in [9.17, 15) is 14.4 Å². The van der Waals surface area contributed by atoms with Gasteiger partial charge in [0, 0.05) is 24.7 Å². The van der Waals surface area contributed by atoms with Gasteiger partial charge in [-0.05, 0) is 85.6 Å². The summed E-state index contributed by atoms with van der Waals surface area (Å²) < 4.78 is 11.8. The lowest BCUT2D eigenvalue weighted by molar-refractivity contribution is 0.0783. The first kappa shape index (κ1) is 26.2. The molecule has 1 fully saturated rings. The number of carbonyl (C=O) groups is 1. The molecule has 4 aromatic rings. The normalized spacial score (nSPS) is 15.2. The van der Waals surface area contributed by atoms with E-state index in [2.05, 4.69) is 36.1 Å². The van der Waals surface area contributed by atoms with Gasteiger partial charge >= 0.3 is 11.4 Å². The maximum Gasteiger partial charge on any atom is 0.440 e. The van der Waals surface area contributed by atoms with Crippen molar-refractivity contribution < 1.29 is 14.1 Å². The van der Waals surface area contributed by atoms with Crippen LogP contribution in [0.2, 0.25) is 0 Å². The Labute approximate surface area is 226 Å². The lowest BCUT2D eigenvalue weighted by atomic mass is 9.97. The maximum absolute atomic E-state index is 13.1. The van der Waals surface area contributed by atoms with Gasteiger partial charge in [-0.2, -0.15) is 0 Å². The lowest BCUT2D eigenvalue weighted by Gasteiger charge is -2.21. The average molecular weight is 529 g/mol. The van der Waals surface area contributed by atoms with Crippen molar-refractivity contribution in [2.24, 2.45) is 0 Å². The fourth-order valence-corrected chi connectivity index (χ4v) is 4.92. The quantitative estimate of drug-likeness (QED) is 0.376. The molecule has 2 heterocycles. The zero-order valence-electron chi connectivity index (χ0n) is 22.3. The molecule has 5 rings (SSSR count). The maximum atomic E-state index is 13.1. The summed E-state index contributed by atoms with van der Waals surface area (Å²) in [4.78, 5) is 42.0. The van der Waals surface area contributed by atoms with Gasteiger partial charge in [0.2, 0.25) is 0 Å². The second-order valence-electron chi connectivity index (χ2n) is 10.2. The van der Waals surface area contributed by atoms with Crippen molar-refractivity contribution in [2.45, 2.75) is 32.5 Å². The molecule has 1 saturated heterocycles. The summed E-state index contributed by atoms with van der Waals surface area (Å²) in [6.45, 7) is 4.13. The Hall–Kier alpha value is -4.37. The first-order valence-corrected chi connectivity index (χ1v) is 12.9. The average Bonchev–Trinajstić information content (AvgIpc) is 3.54. The van der Waals surface area contributed by atoms with E-state index in [1.807, 2.05) is 66.4 Å². The molecule has 1 aromatic heterocycles. The number of nitrogens with zero attached hydrogens (tertiary/aromatic N) is 3. The van der Waals surface area contributed by atoms with Crippen LogP contribution in [0, 0.1) is 6.92 Å². The molecular weight excluding hydrogens is 496 g/mol. The molecule has 1 atom stereocenters. The molecular formula is C30H32N4O5. The highest BCUT2D eigenvalue weighted by Gasteiger charge is 2.28. The molecule has 39 heavy (non-hydrogen) atoms. The number of aryl methyl sites for hydroxylation is 1. The van der Waals surface area contributed by atoms with Crippen molar-refractivity contribution in [1.29, 1.82) is 0 Å². The number of likely N-dealkylation sites (N-methyl/N-ethyl adjacent to an activating group) is 1. The van der Waals surface area contributed by atoms with Gasteiger partial charge in [0.15, 0.2) is 0 Å². The largest absolute Gasteiger partial charge is 0.489 e. The van der Waals surface area contributed by atoms with Crippen molar-refractivity contribution in [3.8, 4) is 16.9 Å². The van der Waals surface area contributed by atoms with Gasteiger partial charge < -0.3 is 19.1 Å². The number of aromatic amines is 1. The number of amides is 1. The molecule has 9 heteroatoms. The summed E-state index contributed by atoms with van der Waals surface area (Å²) >= 11 is 0. The van der Waals surface area contributed by atoms with Crippen LogP contribution in [0.3, 0.4) is 0 Å². The molecule has 0 bridgehead atoms. The zero-order chi connectivity index (χ0) is 27.5. The molecule has 0 radical (unpaired) electrons. The third-order valence-electron chi connectivity index (χ3n) is 7.18. The van der Waals surface area contributed by atoms with Crippen molar-refractivity contribution in [2.75, 3.05) is 27.2 Å². The minimum absolute atomic E-state index is 0.0897. The molecule has 0 unspecified atom stereocenters. The zero-order valence-corrected chi connectivity index (χ0v) is 22.3. The minimum Gasteiger partial charge on any atom is -0.489 e. The topological polar surface area (TPSA) is 101 Å². The van der Waals surface area contributed by atoms with Crippen molar-refractivity contribution >= 4 is 5.91 Å². The Kier molecular flexibility index (Phi) is 7.51. The van der Waals surface area contributed by atoms with Gasteiger partial charge in [-0.3, -0.25) is 4.79 Å². The number of rotatable bonds is 8. The van der Waals surface area contributed by atoms with Crippen LogP contribution in [0.1, 0.15) is 33.5 Å². The van der Waals surface area contributed by atoms with Gasteiger partial charge in [0.05, 0.1) is 6.54 Å². The molecule has 1 aliphatic rings. The van der Waals surface area contributed by atoms with Gasteiger partial charge in [-0.15, -0.1) is 4.74 Å². The summed E-state index contributed by atoms with van der Waals surface area (Å²) in [5.74, 6) is -0.00133. The minimum atomic E-state index is -0.776. The standard InChI is InChI=1S/C30H32N4O5/c1-20-15-24(28(35)33-14-13-25(18-33)32(2)3)9-12-27(20)23-6-4-5-22(16-23)19-38-26-10-7-21(8-11-26)17-34-29(36)31-30(37)39-34/h4-12,15-16,25H,13-14,17-19H2,1-3H3,(H,31,36,37)/t25-/m1/s1. The fraction of sp³-hybridized carbons (Fsp3) is 0.300. The number of carbonyl (C=O) groups excluding carboxylic acids is 1. The van der Waals surface area contributed by atoms with Crippen LogP contribution in [0.4, 0.5) is 0 Å². The highest BCUT2D eigenvalue weighted by atomic mass is 16.5. The van der Waals surface area contributed by atoms with E-state index < -0.39 is 11.4 Å². The third kappa shape index (κ3) is 6.04. The number of ether oxygens (including phenoxy) is 1. The number of nitrogens with one attached hydrogen (secondary N) is 1. The van der Waals surface area contributed by atoms with E-state index in [-0.39, 0.29) is 12.5 Å². The molecule has 202 valence electrons. The van der Waals surface area contributed by atoms with E-state index in [1.165, 1.54) is 0 Å². The highest BCUT2D eigenvalue weighted by Crippen LogP contribution is 2.27. The summed E-state index contributed by atoms with van der Waals surface area (Å²) in [6, 6.07) is 21.8. The van der Waals surface area contributed by atoms with Gasteiger partial charge in [0.25, 0.3) is 5.91 Å². The monoisotopic (exact) mass is 528 g/mol.